The van der Waals surface area contributed by atoms with Crippen molar-refractivity contribution < 1.29 is 33.4 Å². The van der Waals surface area contributed by atoms with Gasteiger partial charge in [-0.15, -0.1) is 0 Å². The highest BCUT2D eigenvalue weighted by atomic mass is 16.5. The van der Waals surface area contributed by atoms with Crippen LogP contribution in [0.25, 0.3) is 0 Å². The first-order chi connectivity index (χ1) is 26.2. The lowest BCUT2D eigenvalue weighted by Crippen LogP contribution is -2.54. The molecule has 0 radical (unpaired) electrons. The van der Waals surface area contributed by atoms with Gasteiger partial charge in [-0.25, -0.2) is 0 Å². The average Bonchev–Trinajstić information content (AvgIpc) is 3.91. The van der Waals surface area contributed by atoms with E-state index in [-0.39, 0.29) is 72.1 Å². The van der Waals surface area contributed by atoms with Gasteiger partial charge in [0.2, 0.25) is 11.8 Å². The van der Waals surface area contributed by atoms with E-state index in [1.54, 1.807) is 26.2 Å². The molecule has 1 aliphatic carbocycles. The van der Waals surface area contributed by atoms with Crippen molar-refractivity contribution in [2.24, 2.45) is 35.5 Å². The zero-order valence-electron chi connectivity index (χ0n) is 35.5. The van der Waals surface area contributed by atoms with Gasteiger partial charge in [-0.2, -0.15) is 0 Å². The number of hydrogen-bond acceptors (Lipinski definition) is 9. The first kappa shape index (κ1) is 44.8. The molecule has 11 heteroatoms. The second-order valence-corrected chi connectivity index (χ2v) is 17.4. The number of Topliss-reactive ketones (excluding diaryl/α,β-unsaturated/α-hetero) is 2. The van der Waals surface area contributed by atoms with E-state index in [9.17, 15) is 19.2 Å². The Morgan fingerprint density at radius 3 is 2.20 bits per heavy atom. The van der Waals surface area contributed by atoms with Crippen molar-refractivity contribution in [3.05, 3.63) is 29.8 Å². The number of nitrogens with zero attached hydrogens (tertiary/aromatic N) is 3. The molecule has 2 aliphatic heterocycles. The molecule has 55 heavy (non-hydrogen) atoms. The molecule has 3 fully saturated rings. The van der Waals surface area contributed by atoms with E-state index in [0.717, 1.165) is 44.1 Å². The van der Waals surface area contributed by atoms with Gasteiger partial charge in [0.05, 0.1) is 36.8 Å². The molecule has 1 aromatic carbocycles. The van der Waals surface area contributed by atoms with Gasteiger partial charge in [0.1, 0.15) is 5.78 Å². The maximum atomic E-state index is 14.4. The van der Waals surface area contributed by atoms with Crippen LogP contribution in [0.15, 0.2) is 24.3 Å². The van der Waals surface area contributed by atoms with Gasteiger partial charge in [0.25, 0.3) is 0 Å². The normalized spacial score (nSPS) is 25.0. The zero-order chi connectivity index (χ0) is 40.6. The summed E-state index contributed by atoms with van der Waals surface area (Å²) in [4.78, 5) is 62.2. The molecule has 1 aromatic rings. The van der Waals surface area contributed by atoms with Crippen LogP contribution >= 0.6 is 0 Å². The van der Waals surface area contributed by atoms with E-state index in [0.29, 0.717) is 43.6 Å². The molecule has 1 saturated carbocycles. The monoisotopic (exact) mass is 769 g/mol. The van der Waals surface area contributed by atoms with Crippen LogP contribution in [0.3, 0.4) is 0 Å². The Morgan fingerprint density at radius 2 is 1.64 bits per heavy atom. The summed E-state index contributed by atoms with van der Waals surface area (Å²) in [5, 5.41) is 0. The van der Waals surface area contributed by atoms with Crippen LogP contribution in [0.4, 0.5) is 5.69 Å². The minimum Gasteiger partial charge on any atom is -0.399 e. The molecule has 2 N–H and O–H groups in total. The largest absolute Gasteiger partial charge is 0.399 e. The van der Waals surface area contributed by atoms with E-state index < -0.39 is 24.0 Å². The third-order valence-corrected chi connectivity index (χ3v) is 13.5. The van der Waals surface area contributed by atoms with Gasteiger partial charge < -0.3 is 29.7 Å². The molecule has 2 amide bonds. The zero-order valence-corrected chi connectivity index (χ0v) is 35.5. The predicted molar refractivity (Wildman–Crippen MR) is 216 cm³/mol. The Kier molecular flexibility index (Phi) is 16.7. The molecule has 2 heterocycles. The molecule has 0 aromatic heterocycles. The minimum absolute atomic E-state index is 0.00499. The fourth-order valence-corrected chi connectivity index (χ4v) is 10.1. The molecule has 310 valence electrons. The number of nitrogens with two attached hydrogens (primary N) is 1. The molecular weight excluding hydrogens is 697 g/mol. The van der Waals surface area contributed by atoms with Crippen LogP contribution in [0.2, 0.25) is 0 Å². The number of rotatable bonds is 22. The number of methoxy groups -OCH3 is 3. The maximum Gasteiger partial charge on any atom is 0.226 e. The molecule has 11 nitrogen and oxygen atoms in total. The lowest BCUT2D eigenvalue weighted by atomic mass is 9.83. The fraction of sp³-hybridized carbons (Fsp3) is 0.773. The molecule has 0 spiro atoms. The van der Waals surface area contributed by atoms with E-state index >= 15 is 0 Å². The second kappa shape index (κ2) is 20.5. The van der Waals surface area contributed by atoms with Crippen LogP contribution in [-0.4, -0.2) is 123 Å². The van der Waals surface area contributed by atoms with Gasteiger partial charge in [-0.3, -0.25) is 24.1 Å². The number of piperidine rings is 1. The van der Waals surface area contributed by atoms with Crippen LogP contribution < -0.4 is 5.73 Å². The molecule has 4 rings (SSSR count). The number of likely N-dealkylation sites (tertiary alicyclic amines) is 2. The minimum atomic E-state index is -0.555. The topological polar surface area (TPSA) is 132 Å². The van der Waals surface area contributed by atoms with E-state index in [4.69, 9.17) is 19.9 Å². The van der Waals surface area contributed by atoms with Crippen LogP contribution in [0.5, 0.6) is 0 Å². The standard InChI is InChI=1S/C44H72N4O7/c1-11-28(4)41(47(7)44(52)35(27(2)3)24-38(50)42-32-16-19-34(23-32)46(42)6)39(54-9)25-40(51)48-20-12-13-36(48)43(55-10)29(5)37(49)22-31(26-53-8)21-30-14-17-33(45)18-15-30/h14-15,17-18,27-29,31-32,34-36,39,41-43H,11-13,16,19-26,45H2,1-10H3/t28-,29-,31+,32-,34+,35-,36-,39+,41-,42-,43+/m0/s1. The summed E-state index contributed by atoms with van der Waals surface area (Å²) in [5.41, 5.74) is 7.68. The number of anilines is 1. The van der Waals surface area contributed by atoms with Crippen molar-refractivity contribution in [2.75, 3.05) is 54.3 Å². The molecule has 3 aliphatic rings. The second-order valence-electron chi connectivity index (χ2n) is 17.4. The fourth-order valence-electron chi connectivity index (χ4n) is 10.1. The van der Waals surface area contributed by atoms with Gasteiger partial charge in [0, 0.05) is 77.9 Å². The molecule has 0 unspecified atom stereocenters. The Hall–Kier alpha value is -2.86. The third-order valence-electron chi connectivity index (χ3n) is 13.5. The van der Waals surface area contributed by atoms with Crippen molar-refractivity contribution in [3.8, 4) is 0 Å². The Labute approximate surface area is 331 Å². The molecule has 2 bridgehead atoms. The number of nitrogen functional groups attached to an aromatic ring is 1. The highest BCUT2D eigenvalue weighted by molar-refractivity contribution is 5.90. The van der Waals surface area contributed by atoms with E-state index in [2.05, 4.69) is 25.8 Å². The van der Waals surface area contributed by atoms with Crippen LogP contribution in [0, 0.1) is 35.5 Å². The quantitative estimate of drug-likeness (QED) is 0.148. The number of ketones is 2. The van der Waals surface area contributed by atoms with Crippen LogP contribution in [-0.2, 0) is 39.8 Å². The highest BCUT2D eigenvalue weighted by Gasteiger charge is 2.48. The van der Waals surface area contributed by atoms with Crippen molar-refractivity contribution in [1.82, 2.24) is 14.7 Å². The first-order valence-electron chi connectivity index (χ1n) is 20.9. The number of likely N-dealkylation sites (N-methyl/N-ethyl adjacent to an activating group) is 2. The number of fused-ring (bicyclic) bond motifs is 2. The number of amides is 2. The smallest absolute Gasteiger partial charge is 0.226 e. The molecular formula is C44H72N4O7. The van der Waals surface area contributed by atoms with Crippen molar-refractivity contribution >= 4 is 29.1 Å². The molecule has 2 saturated heterocycles. The van der Waals surface area contributed by atoms with Crippen LogP contribution in [0.1, 0.15) is 98.0 Å². The van der Waals surface area contributed by atoms with Gasteiger partial charge in [-0.05, 0) is 86.9 Å². The van der Waals surface area contributed by atoms with E-state index in [1.807, 2.05) is 57.0 Å². The number of benzene rings is 1. The van der Waals surface area contributed by atoms with Gasteiger partial charge >= 0.3 is 0 Å². The SMILES string of the molecule is CC[C@H](C)[C@@H]([C@@H](CC(=O)N1CCC[C@H]1[C@H](OC)[C@@H](C)C(=O)C[C@H](COC)Cc1ccc(N)cc1)OC)N(C)C(=O)[C@@H](CC(=O)[C@@H]1[C@H]2CC[C@H](C2)N1C)C(C)C. The Balaban J connectivity index is 1.45. The average molecular weight is 769 g/mol. The number of carbonyl (C=O) groups excluding carboxylic acids is 4. The van der Waals surface area contributed by atoms with Gasteiger partial charge in [0.15, 0.2) is 5.78 Å². The maximum absolute atomic E-state index is 14.4. The number of ether oxygens (including phenoxy) is 3. The predicted octanol–water partition coefficient (Wildman–Crippen LogP) is 5.67. The summed E-state index contributed by atoms with van der Waals surface area (Å²) in [7, 11) is 8.76. The summed E-state index contributed by atoms with van der Waals surface area (Å²) >= 11 is 0. The summed E-state index contributed by atoms with van der Waals surface area (Å²) in [6.07, 6.45) is 5.98. The number of carbonyl (C=O) groups is 4. The first-order valence-corrected chi connectivity index (χ1v) is 20.9. The van der Waals surface area contributed by atoms with Crippen molar-refractivity contribution in [2.45, 2.75) is 135 Å². The highest BCUT2D eigenvalue weighted by Crippen LogP contribution is 2.42. The molecule has 11 atom stereocenters. The summed E-state index contributed by atoms with van der Waals surface area (Å²) < 4.78 is 17.6. The van der Waals surface area contributed by atoms with Crippen molar-refractivity contribution in [1.29, 1.82) is 0 Å². The lowest BCUT2D eigenvalue weighted by molar-refractivity contribution is -0.149. The summed E-state index contributed by atoms with van der Waals surface area (Å²) in [6.45, 7) is 11.2. The summed E-state index contributed by atoms with van der Waals surface area (Å²) in [6, 6.07) is 7.46. The third kappa shape index (κ3) is 10.8. The van der Waals surface area contributed by atoms with E-state index in [1.165, 1.54) is 0 Å². The Morgan fingerprint density at radius 1 is 0.945 bits per heavy atom. The van der Waals surface area contributed by atoms with Crippen molar-refractivity contribution in [3.63, 3.8) is 0 Å². The number of hydrogen-bond donors (Lipinski definition) is 1. The van der Waals surface area contributed by atoms with Gasteiger partial charge in [-0.1, -0.05) is 53.2 Å². The lowest BCUT2D eigenvalue weighted by Gasteiger charge is -2.41. The summed E-state index contributed by atoms with van der Waals surface area (Å²) in [5.74, 6) is -0.362. The Bertz CT molecular complexity index is 1420.